The minimum Gasteiger partial charge on any atom is -0.341 e. The number of amides is 3. The van der Waals surface area contributed by atoms with E-state index >= 15 is 0 Å². The number of aromatic nitrogens is 3. The van der Waals surface area contributed by atoms with Crippen LogP contribution in [-0.2, 0) is 4.79 Å². The molecule has 1 aromatic carbocycles. The van der Waals surface area contributed by atoms with Crippen LogP contribution < -0.4 is 10.6 Å². The number of halogens is 1. The molecule has 3 amide bonds. The Morgan fingerprint density at radius 2 is 2.09 bits per heavy atom. The monoisotopic (exact) mass is 323 g/mol. The summed E-state index contributed by atoms with van der Waals surface area (Å²) < 4.78 is 13.7. The van der Waals surface area contributed by atoms with Crippen molar-refractivity contribution in [2.75, 3.05) is 7.05 Å². The van der Waals surface area contributed by atoms with Crippen molar-refractivity contribution < 1.29 is 14.0 Å². The van der Waals surface area contributed by atoms with Gasteiger partial charge in [-0.25, -0.2) is 14.2 Å². The van der Waals surface area contributed by atoms with Gasteiger partial charge in [0, 0.05) is 7.05 Å². The highest BCUT2D eigenvalue weighted by Crippen LogP contribution is 2.24. The molecule has 1 aromatic heterocycles. The summed E-state index contributed by atoms with van der Waals surface area (Å²) in [7, 11) is 1.41. The molecular formula is C13H14FN5O2S. The maximum Gasteiger partial charge on any atom is 0.321 e. The van der Waals surface area contributed by atoms with Crippen LogP contribution in [0, 0.1) is 5.82 Å². The summed E-state index contributed by atoms with van der Waals surface area (Å²) in [5, 5.41) is 10.7. The van der Waals surface area contributed by atoms with Crippen molar-refractivity contribution >= 4 is 23.7 Å². The minimum atomic E-state index is -0.584. The number of hydrogen-bond acceptors (Lipinski definition) is 5. The lowest BCUT2D eigenvalue weighted by Gasteiger charge is -2.08. The third-order valence-corrected chi connectivity index (χ3v) is 3.67. The smallest absolute Gasteiger partial charge is 0.321 e. The number of aromatic amines is 1. The second-order valence-electron chi connectivity index (χ2n) is 4.27. The van der Waals surface area contributed by atoms with Crippen molar-refractivity contribution in [2.45, 2.75) is 17.3 Å². The Kier molecular flexibility index (Phi) is 5.10. The van der Waals surface area contributed by atoms with Gasteiger partial charge in [0.2, 0.25) is 11.1 Å². The number of nitrogens with zero attached hydrogens (tertiary/aromatic N) is 2. The molecule has 0 fully saturated rings. The van der Waals surface area contributed by atoms with Crippen LogP contribution in [0.2, 0.25) is 0 Å². The zero-order chi connectivity index (χ0) is 16.1. The van der Waals surface area contributed by atoms with Crippen molar-refractivity contribution in [2.24, 2.45) is 0 Å². The fourth-order valence-electron chi connectivity index (χ4n) is 1.56. The molecule has 9 heteroatoms. The molecule has 2 rings (SSSR count). The first kappa shape index (κ1) is 16.0. The molecule has 0 unspecified atom stereocenters. The van der Waals surface area contributed by atoms with Crippen molar-refractivity contribution in [1.29, 1.82) is 0 Å². The summed E-state index contributed by atoms with van der Waals surface area (Å²) in [4.78, 5) is 26.9. The molecule has 1 atom stereocenters. The second-order valence-corrected chi connectivity index (χ2v) is 5.58. The van der Waals surface area contributed by atoms with E-state index in [0.29, 0.717) is 5.56 Å². The molecule has 116 valence electrons. The summed E-state index contributed by atoms with van der Waals surface area (Å²) in [5.74, 6) is -0.610. The third-order valence-electron chi connectivity index (χ3n) is 2.71. The number of rotatable bonds is 4. The van der Waals surface area contributed by atoms with E-state index in [1.165, 1.54) is 13.1 Å². The van der Waals surface area contributed by atoms with Crippen LogP contribution in [0.4, 0.5) is 9.18 Å². The van der Waals surface area contributed by atoms with Crippen molar-refractivity contribution in [1.82, 2.24) is 25.8 Å². The van der Waals surface area contributed by atoms with Crippen LogP contribution in [0.25, 0.3) is 11.4 Å². The molecule has 7 nitrogen and oxygen atoms in total. The van der Waals surface area contributed by atoms with Gasteiger partial charge in [-0.1, -0.05) is 23.9 Å². The van der Waals surface area contributed by atoms with Crippen LogP contribution >= 0.6 is 11.8 Å². The fourth-order valence-corrected chi connectivity index (χ4v) is 2.29. The Bertz CT molecular complexity index is 691. The first-order valence-electron chi connectivity index (χ1n) is 6.37. The number of imide groups is 1. The van der Waals surface area contributed by atoms with Crippen molar-refractivity contribution in [3.05, 3.63) is 30.1 Å². The van der Waals surface area contributed by atoms with Gasteiger partial charge >= 0.3 is 6.03 Å². The standard InChI is InChI=1S/C13H14FN5O2S/c1-7(11(20)17-12(21)15-2)22-13-16-10(18-19-13)8-5-3-4-6-9(8)14/h3-7H,1-2H3,(H,16,18,19)(H2,15,17,20,21)/t7-/m0/s1. The predicted octanol–water partition coefficient (Wildman–Crippen LogP) is 1.55. The molecule has 0 saturated heterocycles. The van der Waals surface area contributed by atoms with Gasteiger partial charge in [-0.05, 0) is 19.1 Å². The molecule has 0 aliphatic heterocycles. The van der Waals surface area contributed by atoms with Gasteiger partial charge in [-0.2, -0.15) is 0 Å². The van der Waals surface area contributed by atoms with E-state index in [9.17, 15) is 14.0 Å². The Morgan fingerprint density at radius 1 is 1.36 bits per heavy atom. The molecule has 0 aliphatic carbocycles. The SMILES string of the molecule is CNC(=O)NC(=O)[C@H](C)Sc1n[nH]c(-c2ccccc2F)n1. The van der Waals surface area contributed by atoms with Crippen molar-refractivity contribution in [3.63, 3.8) is 0 Å². The fraction of sp³-hybridized carbons (Fsp3) is 0.231. The first-order valence-corrected chi connectivity index (χ1v) is 7.25. The van der Waals surface area contributed by atoms with Gasteiger partial charge in [-0.3, -0.25) is 15.2 Å². The Hall–Kier alpha value is -2.42. The highest BCUT2D eigenvalue weighted by Gasteiger charge is 2.19. The number of carbonyl (C=O) groups excluding carboxylic acids is 2. The van der Waals surface area contributed by atoms with Gasteiger partial charge < -0.3 is 5.32 Å². The summed E-state index contributed by atoms with van der Waals surface area (Å²) in [5.41, 5.74) is 0.296. The Balaban J connectivity index is 2.05. The van der Waals surface area contributed by atoms with Crippen LogP contribution in [-0.4, -0.2) is 39.4 Å². The van der Waals surface area contributed by atoms with E-state index in [1.54, 1.807) is 25.1 Å². The summed E-state index contributed by atoms with van der Waals surface area (Å²) >= 11 is 1.06. The third kappa shape index (κ3) is 3.82. The van der Waals surface area contributed by atoms with E-state index in [2.05, 4.69) is 25.8 Å². The maximum atomic E-state index is 13.7. The highest BCUT2D eigenvalue weighted by molar-refractivity contribution is 8.00. The van der Waals surface area contributed by atoms with Crippen molar-refractivity contribution in [3.8, 4) is 11.4 Å². The summed E-state index contributed by atoms with van der Waals surface area (Å²) in [6.45, 7) is 1.61. The lowest BCUT2D eigenvalue weighted by molar-refractivity contribution is -0.119. The summed E-state index contributed by atoms with van der Waals surface area (Å²) in [6, 6.07) is 5.58. The van der Waals surface area contributed by atoms with E-state index in [-0.39, 0.29) is 11.0 Å². The molecule has 3 N–H and O–H groups in total. The van der Waals surface area contributed by atoms with Crippen LogP contribution in [0.5, 0.6) is 0 Å². The zero-order valence-electron chi connectivity index (χ0n) is 11.9. The Morgan fingerprint density at radius 3 is 2.77 bits per heavy atom. The summed E-state index contributed by atoms with van der Waals surface area (Å²) in [6.07, 6.45) is 0. The average Bonchev–Trinajstić information content (AvgIpc) is 2.95. The Labute approximate surface area is 130 Å². The minimum absolute atomic E-state index is 0.277. The zero-order valence-corrected chi connectivity index (χ0v) is 12.7. The van der Waals surface area contributed by atoms with Crippen LogP contribution in [0.1, 0.15) is 6.92 Å². The number of hydrogen-bond donors (Lipinski definition) is 3. The van der Waals surface area contributed by atoms with E-state index in [4.69, 9.17) is 0 Å². The van der Waals surface area contributed by atoms with Crippen LogP contribution in [0.3, 0.4) is 0 Å². The van der Waals surface area contributed by atoms with Gasteiger partial charge in [0.25, 0.3) is 0 Å². The molecular weight excluding hydrogens is 309 g/mol. The van der Waals surface area contributed by atoms with Gasteiger partial charge in [-0.15, -0.1) is 5.10 Å². The molecule has 1 heterocycles. The first-order chi connectivity index (χ1) is 10.5. The molecule has 0 aliphatic rings. The maximum absolute atomic E-state index is 13.7. The lowest BCUT2D eigenvalue weighted by atomic mass is 10.2. The van der Waals surface area contributed by atoms with E-state index < -0.39 is 23.0 Å². The molecule has 0 saturated carbocycles. The normalized spacial score (nSPS) is 11.8. The largest absolute Gasteiger partial charge is 0.341 e. The lowest BCUT2D eigenvalue weighted by Crippen LogP contribution is -2.41. The predicted molar refractivity (Wildman–Crippen MR) is 79.7 cm³/mol. The molecule has 0 bridgehead atoms. The number of H-pyrrole nitrogens is 1. The highest BCUT2D eigenvalue weighted by atomic mass is 32.2. The molecule has 0 radical (unpaired) electrons. The average molecular weight is 323 g/mol. The molecule has 0 spiro atoms. The number of nitrogens with one attached hydrogen (secondary N) is 3. The number of thioether (sulfide) groups is 1. The molecule has 2 aromatic rings. The second kappa shape index (κ2) is 7.03. The number of urea groups is 1. The van der Waals surface area contributed by atoms with E-state index in [1.807, 2.05) is 0 Å². The number of benzene rings is 1. The van der Waals surface area contributed by atoms with Crippen LogP contribution in [0.15, 0.2) is 29.4 Å². The van der Waals surface area contributed by atoms with Gasteiger partial charge in [0.15, 0.2) is 5.82 Å². The van der Waals surface area contributed by atoms with Gasteiger partial charge in [0.1, 0.15) is 5.82 Å². The molecule has 22 heavy (non-hydrogen) atoms. The van der Waals surface area contributed by atoms with Gasteiger partial charge in [0.05, 0.1) is 10.8 Å². The number of carbonyl (C=O) groups is 2. The topological polar surface area (TPSA) is 99.8 Å². The van der Waals surface area contributed by atoms with E-state index in [0.717, 1.165) is 11.8 Å². The quantitative estimate of drug-likeness (QED) is 0.741.